The molecule has 0 aliphatic rings. The van der Waals surface area contributed by atoms with E-state index in [0.717, 1.165) is 24.4 Å². The summed E-state index contributed by atoms with van der Waals surface area (Å²) in [6.07, 6.45) is 5.62. The van der Waals surface area contributed by atoms with E-state index in [1.165, 1.54) is 5.56 Å². The summed E-state index contributed by atoms with van der Waals surface area (Å²) in [6, 6.07) is 3.97. The molecule has 0 aromatic carbocycles. The average Bonchev–Trinajstić information content (AvgIpc) is 2.38. The van der Waals surface area contributed by atoms with Crippen molar-refractivity contribution in [3.05, 3.63) is 30.1 Å². The number of pyridine rings is 1. The minimum Gasteiger partial charge on any atom is -0.378 e. The molecule has 17 heavy (non-hydrogen) atoms. The van der Waals surface area contributed by atoms with Gasteiger partial charge in [-0.05, 0) is 24.0 Å². The summed E-state index contributed by atoms with van der Waals surface area (Å²) < 4.78 is 0. The molecular weight excluding hydrogens is 230 g/mol. The Morgan fingerprint density at radius 3 is 2.94 bits per heavy atom. The van der Waals surface area contributed by atoms with Crippen LogP contribution in [0.4, 0.5) is 0 Å². The van der Waals surface area contributed by atoms with Gasteiger partial charge in [0.15, 0.2) is 0 Å². The van der Waals surface area contributed by atoms with Crippen molar-refractivity contribution in [2.75, 3.05) is 6.54 Å². The van der Waals surface area contributed by atoms with Crippen LogP contribution in [-0.2, 0) is 6.42 Å². The highest BCUT2D eigenvalue weighted by molar-refractivity contribution is 7.80. The van der Waals surface area contributed by atoms with Crippen molar-refractivity contribution >= 4 is 17.2 Å². The number of hydrogen-bond donors (Lipinski definition) is 2. The molecule has 0 fully saturated rings. The van der Waals surface area contributed by atoms with Crippen molar-refractivity contribution in [1.29, 1.82) is 0 Å². The van der Waals surface area contributed by atoms with Gasteiger partial charge in [0, 0.05) is 18.9 Å². The Kier molecular flexibility index (Phi) is 6.08. The van der Waals surface area contributed by atoms with E-state index in [1.807, 2.05) is 12.3 Å². The van der Waals surface area contributed by atoms with Crippen LogP contribution >= 0.6 is 12.2 Å². The molecule has 1 heterocycles. The third-order valence-electron chi connectivity index (χ3n) is 3.00. The number of aromatic nitrogens is 1. The quantitative estimate of drug-likeness (QED) is 0.758. The van der Waals surface area contributed by atoms with Crippen LogP contribution in [0.3, 0.4) is 0 Å². The maximum Gasteiger partial charge on any atom is 0.0926 e. The highest BCUT2D eigenvalue weighted by Crippen LogP contribution is 2.06. The minimum absolute atomic E-state index is 0.0381. The zero-order valence-corrected chi connectivity index (χ0v) is 11.3. The molecule has 1 aromatic rings. The lowest BCUT2D eigenvalue weighted by Crippen LogP contribution is -2.43. The average molecular weight is 251 g/mol. The number of hydrogen-bond acceptors (Lipinski definition) is 3. The molecule has 0 saturated heterocycles. The summed E-state index contributed by atoms with van der Waals surface area (Å²) >= 11 is 5.28. The Bertz CT molecular complexity index is 340. The second kappa shape index (κ2) is 7.35. The van der Waals surface area contributed by atoms with Crippen LogP contribution in [0.2, 0.25) is 0 Å². The normalized spacial score (nSPS) is 14.1. The Morgan fingerprint density at radius 1 is 1.59 bits per heavy atom. The fourth-order valence-electron chi connectivity index (χ4n) is 1.51. The lowest BCUT2D eigenvalue weighted by atomic mass is 10.00. The third kappa shape index (κ3) is 4.79. The largest absolute Gasteiger partial charge is 0.378 e. The van der Waals surface area contributed by atoms with Gasteiger partial charge in [-0.1, -0.05) is 38.6 Å². The summed E-state index contributed by atoms with van der Waals surface area (Å²) in [5, 5.41) is 3.22. The highest BCUT2D eigenvalue weighted by Gasteiger charge is 2.14. The zero-order valence-electron chi connectivity index (χ0n) is 10.5. The highest BCUT2D eigenvalue weighted by atomic mass is 32.1. The van der Waals surface area contributed by atoms with Crippen molar-refractivity contribution in [2.24, 2.45) is 11.7 Å². The van der Waals surface area contributed by atoms with E-state index in [4.69, 9.17) is 18.0 Å². The minimum atomic E-state index is -0.0381. The van der Waals surface area contributed by atoms with E-state index < -0.39 is 0 Å². The molecule has 1 unspecified atom stereocenters. The maximum atomic E-state index is 6.03. The van der Waals surface area contributed by atoms with Gasteiger partial charge in [0.2, 0.25) is 0 Å². The standard InChI is InChI=1S/C13H21N3S/c1-3-10(2)12(14)13(17)16-8-6-11-5-4-7-15-9-11/h4-5,7,9-10,12H,3,6,8,14H2,1-2H3,(H,16,17)/t10?,12-/m0/s1. The molecule has 4 heteroatoms. The molecule has 3 nitrogen and oxygen atoms in total. The lowest BCUT2D eigenvalue weighted by Gasteiger charge is -2.20. The first-order valence-corrected chi connectivity index (χ1v) is 6.48. The van der Waals surface area contributed by atoms with Gasteiger partial charge in [0.05, 0.1) is 11.0 Å². The van der Waals surface area contributed by atoms with Gasteiger partial charge in [-0.15, -0.1) is 0 Å². The van der Waals surface area contributed by atoms with Gasteiger partial charge in [-0.25, -0.2) is 0 Å². The molecule has 0 radical (unpaired) electrons. The molecule has 0 amide bonds. The second-order valence-corrected chi connectivity index (χ2v) is 4.75. The molecule has 1 rings (SSSR count). The SMILES string of the molecule is CCC(C)[C@H](N)C(=S)NCCc1cccnc1. The number of rotatable bonds is 6. The van der Waals surface area contributed by atoms with E-state index in [2.05, 4.69) is 30.2 Å². The van der Waals surface area contributed by atoms with Crippen LogP contribution < -0.4 is 11.1 Å². The molecule has 1 aromatic heterocycles. The lowest BCUT2D eigenvalue weighted by molar-refractivity contribution is 0.517. The van der Waals surface area contributed by atoms with Crippen molar-refractivity contribution in [1.82, 2.24) is 10.3 Å². The third-order valence-corrected chi connectivity index (χ3v) is 3.41. The number of nitrogens with zero attached hydrogens (tertiary/aromatic N) is 1. The van der Waals surface area contributed by atoms with E-state index in [-0.39, 0.29) is 6.04 Å². The summed E-state index contributed by atoms with van der Waals surface area (Å²) in [6.45, 7) is 5.07. The summed E-state index contributed by atoms with van der Waals surface area (Å²) in [5.41, 5.74) is 7.24. The first-order valence-electron chi connectivity index (χ1n) is 6.07. The Balaban J connectivity index is 2.29. The molecule has 2 atom stereocenters. The van der Waals surface area contributed by atoms with Crippen LogP contribution in [0.5, 0.6) is 0 Å². The van der Waals surface area contributed by atoms with Gasteiger partial charge in [-0.2, -0.15) is 0 Å². The van der Waals surface area contributed by atoms with E-state index in [9.17, 15) is 0 Å². The van der Waals surface area contributed by atoms with Crippen molar-refractivity contribution in [2.45, 2.75) is 32.7 Å². The predicted molar refractivity (Wildman–Crippen MR) is 76.0 cm³/mol. The number of thiocarbonyl (C=S) groups is 1. The van der Waals surface area contributed by atoms with Crippen LogP contribution in [0.15, 0.2) is 24.5 Å². The van der Waals surface area contributed by atoms with E-state index >= 15 is 0 Å². The van der Waals surface area contributed by atoms with Gasteiger partial charge in [0.25, 0.3) is 0 Å². The molecule has 0 aliphatic carbocycles. The molecule has 0 spiro atoms. The molecular formula is C13H21N3S. The molecule has 94 valence electrons. The fourth-order valence-corrected chi connectivity index (χ4v) is 1.84. The van der Waals surface area contributed by atoms with E-state index in [0.29, 0.717) is 5.92 Å². The second-order valence-electron chi connectivity index (χ2n) is 4.31. The van der Waals surface area contributed by atoms with Crippen molar-refractivity contribution in [3.8, 4) is 0 Å². The zero-order chi connectivity index (χ0) is 12.7. The monoisotopic (exact) mass is 251 g/mol. The van der Waals surface area contributed by atoms with Crippen LogP contribution in [0, 0.1) is 5.92 Å². The topological polar surface area (TPSA) is 50.9 Å². The van der Waals surface area contributed by atoms with Gasteiger partial charge < -0.3 is 11.1 Å². The molecule has 3 N–H and O–H groups in total. The van der Waals surface area contributed by atoms with Crippen molar-refractivity contribution < 1.29 is 0 Å². The molecule has 0 bridgehead atoms. The first-order chi connectivity index (χ1) is 8.15. The van der Waals surface area contributed by atoms with Crippen LogP contribution in [0.1, 0.15) is 25.8 Å². The Hall–Kier alpha value is -1.00. The predicted octanol–water partition coefficient (Wildman–Crippen LogP) is 1.91. The smallest absolute Gasteiger partial charge is 0.0926 e. The van der Waals surface area contributed by atoms with Crippen LogP contribution in [0.25, 0.3) is 0 Å². The summed E-state index contributed by atoms with van der Waals surface area (Å²) in [7, 11) is 0. The Morgan fingerprint density at radius 2 is 2.35 bits per heavy atom. The fraction of sp³-hybridized carbons (Fsp3) is 0.538. The number of nitrogens with two attached hydrogens (primary N) is 1. The Labute approximate surface area is 109 Å². The number of nitrogens with one attached hydrogen (secondary N) is 1. The first kappa shape index (κ1) is 14.1. The molecule has 0 aliphatic heterocycles. The summed E-state index contributed by atoms with van der Waals surface area (Å²) in [5.74, 6) is 0.424. The van der Waals surface area contributed by atoms with Crippen LogP contribution in [-0.4, -0.2) is 22.6 Å². The summed E-state index contributed by atoms with van der Waals surface area (Å²) in [4.78, 5) is 4.84. The molecule has 0 saturated carbocycles. The van der Waals surface area contributed by atoms with E-state index in [1.54, 1.807) is 6.20 Å². The maximum absolute atomic E-state index is 6.03. The van der Waals surface area contributed by atoms with Crippen molar-refractivity contribution in [3.63, 3.8) is 0 Å². The van der Waals surface area contributed by atoms with Gasteiger partial charge in [-0.3, -0.25) is 4.98 Å². The van der Waals surface area contributed by atoms with Gasteiger partial charge >= 0.3 is 0 Å². The van der Waals surface area contributed by atoms with Gasteiger partial charge in [0.1, 0.15) is 0 Å².